The van der Waals surface area contributed by atoms with Crippen molar-refractivity contribution in [1.82, 2.24) is 15.5 Å². The van der Waals surface area contributed by atoms with E-state index >= 15 is 0 Å². The number of benzene rings is 1. The molecule has 0 aliphatic rings. The van der Waals surface area contributed by atoms with Crippen LogP contribution in [-0.2, 0) is 16.1 Å². The van der Waals surface area contributed by atoms with E-state index in [0.717, 1.165) is 50.0 Å². The monoisotopic (exact) mass is 602 g/mol. The lowest BCUT2D eigenvalue weighted by Gasteiger charge is -2.22. The van der Waals surface area contributed by atoms with E-state index in [2.05, 4.69) is 36.3 Å². The summed E-state index contributed by atoms with van der Waals surface area (Å²) in [7, 11) is 0. The molecule has 1 atom stereocenters. The number of hydrogen-bond acceptors (Lipinski definition) is 4. The van der Waals surface area contributed by atoms with Gasteiger partial charge in [-0.1, -0.05) is 154 Å². The van der Waals surface area contributed by atoms with Gasteiger partial charge in [0.15, 0.2) is 0 Å². The molecule has 0 saturated heterocycles. The zero-order valence-electron chi connectivity index (χ0n) is 28.3. The van der Waals surface area contributed by atoms with Crippen LogP contribution >= 0.6 is 0 Å². The minimum Gasteiger partial charge on any atom is -0.445 e. The second kappa shape index (κ2) is 28.7. The van der Waals surface area contributed by atoms with E-state index in [1.807, 2.05) is 24.3 Å². The first kappa shape index (κ1) is 38.9. The maximum atomic E-state index is 12.4. The molecule has 6 heteroatoms. The van der Waals surface area contributed by atoms with Gasteiger partial charge in [0, 0.05) is 13.1 Å². The summed E-state index contributed by atoms with van der Waals surface area (Å²) in [6.07, 6.45) is 26.1. The van der Waals surface area contributed by atoms with E-state index in [0.29, 0.717) is 6.54 Å². The Balaban J connectivity index is 2.30. The van der Waals surface area contributed by atoms with Gasteiger partial charge in [-0.15, -0.1) is 0 Å². The molecule has 1 aromatic rings. The highest BCUT2D eigenvalue weighted by Crippen LogP contribution is 2.24. The second-order valence-corrected chi connectivity index (χ2v) is 12.3. The van der Waals surface area contributed by atoms with Crippen LogP contribution < -0.4 is 10.6 Å². The minimum absolute atomic E-state index is 0.0620. The molecule has 2 N–H and O–H groups in total. The van der Waals surface area contributed by atoms with Crippen LogP contribution in [0.15, 0.2) is 24.3 Å². The third-order valence-electron chi connectivity index (χ3n) is 8.51. The number of nitrogens with one attached hydrogen (secondary N) is 2. The zero-order chi connectivity index (χ0) is 31.2. The predicted octanol–water partition coefficient (Wildman–Crippen LogP) is 9.86. The van der Waals surface area contributed by atoms with Gasteiger partial charge in [-0.25, -0.2) is 4.79 Å². The Morgan fingerprint density at radius 3 is 1.77 bits per heavy atom. The lowest BCUT2D eigenvalue weighted by atomic mass is 9.95. The number of ether oxygens (including phenoxy) is 1. The van der Waals surface area contributed by atoms with Crippen molar-refractivity contribution in [3.63, 3.8) is 0 Å². The van der Waals surface area contributed by atoms with Crippen molar-refractivity contribution in [2.24, 2.45) is 0 Å². The van der Waals surface area contributed by atoms with Crippen molar-refractivity contribution >= 4 is 12.5 Å². The highest BCUT2D eigenvalue weighted by atomic mass is 16.5. The number of rotatable bonds is 30. The third kappa shape index (κ3) is 21.3. The van der Waals surface area contributed by atoms with Crippen molar-refractivity contribution in [1.29, 1.82) is 0 Å². The summed E-state index contributed by atoms with van der Waals surface area (Å²) in [5, 5.41) is 5.93. The molecule has 43 heavy (non-hydrogen) atoms. The molecule has 0 fully saturated rings. The maximum absolute atomic E-state index is 12.4. The van der Waals surface area contributed by atoms with Gasteiger partial charge in [0.1, 0.15) is 6.61 Å². The smallest absolute Gasteiger partial charge is 0.407 e. The molecule has 0 aliphatic carbocycles. The van der Waals surface area contributed by atoms with Crippen LogP contribution in [0.1, 0.15) is 166 Å². The van der Waals surface area contributed by atoms with Crippen molar-refractivity contribution in [3.8, 4) is 0 Å². The summed E-state index contributed by atoms with van der Waals surface area (Å²) in [6, 6.07) is 7.93. The number of hydrogen-bond donors (Lipinski definition) is 2. The van der Waals surface area contributed by atoms with Crippen LogP contribution in [0, 0.1) is 0 Å². The van der Waals surface area contributed by atoms with Crippen molar-refractivity contribution in [2.75, 3.05) is 26.2 Å². The Morgan fingerprint density at radius 2 is 1.23 bits per heavy atom. The fraction of sp³-hybridized carbons (Fsp3) is 0.784. The summed E-state index contributed by atoms with van der Waals surface area (Å²) in [5.74, 6) is 0. The molecule has 248 valence electrons. The molecule has 0 spiro atoms. The quantitative estimate of drug-likeness (QED) is 0.0680. The highest BCUT2D eigenvalue weighted by Gasteiger charge is 2.15. The fourth-order valence-corrected chi connectivity index (χ4v) is 5.75. The van der Waals surface area contributed by atoms with Gasteiger partial charge in [0.2, 0.25) is 6.41 Å². The Morgan fingerprint density at radius 1 is 0.721 bits per heavy atom. The molecule has 0 radical (unpaired) electrons. The Labute approximate surface area is 265 Å². The molecule has 0 saturated carbocycles. The average molecular weight is 602 g/mol. The van der Waals surface area contributed by atoms with Crippen molar-refractivity contribution in [2.45, 2.75) is 162 Å². The normalized spacial score (nSPS) is 11.9. The lowest BCUT2D eigenvalue weighted by Crippen LogP contribution is -2.36. The third-order valence-corrected chi connectivity index (χ3v) is 8.51. The number of carbonyl (C=O) groups is 2. The molecular formula is C37H67N3O3. The average Bonchev–Trinajstić information content (AvgIpc) is 3.02. The fourth-order valence-electron chi connectivity index (χ4n) is 5.75. The van der Waals surface area contributed by atoms with Gasteiger partial charge < -0.3 is 20.3 Å². The van der Waals surface area contributed by atoms with Crippen molar-refractivity contribution in [3.05, 3.63) is 35.4 Å². The van der Waals surface area contributed by atoms with Crippen LogP contribution in [-0.4, -0.2) is 43.6 Å². The van der Waals surface area contributed by atoms with Gasteiger partial charge in [-0.2, -0.15) is 0 Å². The predicted molar refractivity (Wildman–Crippen MR) is 182 cm³/mol. The number of alkyl carbamates (subject to hydrolysis) is 1. The van der Waals surface area contributed by atoms with Gasteiger partial charge in [-0.05, 0) is 43.5 Å². The number of nitrogens with zero attached hydrogens (tertiary/aromatic N) is 1. The van der Waals surface area contributed by atoms with Gasteiger partial charge in [0.05, 0.1) is 6.04 Å². The highest BCUT2D eigenvalue weighted by molar-refractivity contribution is 5.67. The summed E-state index contributed by atoms with van der Waals surface area (Å²) in [4.78, 5) is 26.3. The molecule has 0 aliphatic heterocycles. The van der Waals surface area contributed by atoms with Gasteiger partial charge >= 0.3 is 6.09 Å². The zero-order valence-corrected chi connectivity index (χ0v) is 28.3. The number of carbonyl (C=O) groups excluding carboxylic acids is 2. The second-order valence-electron chi connectivity index (χ2n) is 12.3. The number of amides is 2. The van der Waals surface area contributed by atoms with E-state index in [4.69, 9.17) is 4.74 Å². The minimum atomic E-state index is -0.386. The summed E-state index contributed by atoms with van der Waals surface area (Å²) < 4.78 is 5.59. The first-order valence-corrected chi connectivity index (χ1v) is 18.1. The van der Waals surface area contributed by atoms with Crippen LogP contribution in [0.4, 0.5) is 4.79 Å². The molecule has 0 aromatic heterocycles. The SMILES string of the molecule is CCCCCCCCCCCCCCCCCC(NC=O)c1ccccc1COC(=O)NCCN(CCCC)CCCC. The molecule has 0 heterocycles. The van der Waals surface area contributed by atoms with E-state index in [1.165, 1.54) is 116 Å². The van der Waals surface area contributed by atoms with E-state index in [9.17, 15) is 9.59 Å². The standard InChI is InChI=1S/C37H67N3O3/c1-4-7-10-11-12-13-14-15-16-17-18-19-20-21-22-27-36(39-33-41)35-26-24-23-25-34(35)32-43-37(42)38-28-31-40(29-8-5-2)30-9-6-3/h23-26,33,36H,4-22,27-32H2,1-3H3,(H,38,42)(H,39,41). The molecule has 6 nitrogen and oxygen atoms in total. The molecular weight excluding hydrogens is 534 g/mol. The Hall–Kier alpha value is -2.08. The largest absolute Gasteiger partial charge is 0.445 e. The molecule has 2 amide bonds. The maximum Gasteiger partial charge on any atom is 0.407 e. The summed E-state index contributed by atoms with van der Waals surface area (Å²) in [6.45, 7) is 10.5. The summed E-state index contributed by atoms with van der Waals surface area (Å²) in [5.41, 5.74) is 1.99. The molecule has 0 bridgehead atoms. The van der Waals surface area contributed by atoms with E-state index in [-0.39, 0.29) is 18.7 Å². The molecule has 1 unspecified atom stereocenters. The topological polar surface area (TPSA) is 70.7 Å². The van der Waals surface area contributed by atoms with Crippen LogP contribution in [0.2, 0.25) is 0 Å². The van der Waals surface area contributed by atoms with Gasteiger partial charge in [0.25, 0.3) is 0 Å². The van der Waals surface area contributed by atoms with Crippen LogP contribution in [0.5, 0.6) is 0 Å². The number of unbranched alkanes of at least 4 members (excludes halogenated alkanes) is 16. The first-order chi connectivity index (χ1) is 21.2. The van der Waals surface area contributed by atoms with Crippen LogP contribution in [0.3, 0.4) is 0 Å². The molecule has 1 rings (SSSR count). The Kier molecular flexibility index (Phi) is 26.0. The lowest BCUT2D eigenvalue weighted by molar-refractivity contribution is -0.110. The van der Waals surface area contributed by atoms with E-state index in [1.54, 1.807) is 0 Å². The summed E-state index contributed by atoms with van der Waals surface area (Å²) >= 11 is 0. The van der Waals surface area contributed by atoms with Crippen LogP contribution in [0.25, 0.3) is 0 Å². The molecule has 1 aromatic carbocycles. The van der Waals surface area contributed by atoms with E-state index < -0.39 is 0 Å². The van der Waals surface area contributed by atoms with Gasteiger partial charge in [-0.3, -0.25) is 4.79 Å². The Bertz CT molecular complexity index is 780. The van der Waals surface area contributed by atoms with Crippen molar-refractivity contribution < 1.29 is 14.3 Å². The first-order valence-electron chi connectivity index (χ1n) is 18.1.